The fraction of sp³-hybridized carbons (Fsp3) is 0.214. The molecule has 0 aromatic heterocycles. The lowest BCUT2D eigenvalue weighted by Gasteiger charge is -2.16. The molecule has 2 amide bonds. The van der Waals surface area contributed by atoms with Crippen molar-refractivity contribution in [2.45, 2.75) is 33.6 Å². The number of ether oxygens (including phenoxy) is 2. The van der Waals surface area contributed by atoms with Crippen LogP contribution in [0.2, 0.25) is 0 Å². The third-order valence-electron chi connectivity index (χ3n) is 6.20. The molecule has 2 aliphatic rings. The smallest absolute Gasteiger partial charge is 0.282 e. The molecule has 0 bridgehead atoms. The molecule has 2 aliphatic heterocycles. The summed E-state index contributed by atoms with van der Waals surface area (Å²) in [6, 6.07) is 18.9. The van der Waals surface area contributed by atoms with E-state index < -0.39 is 5.91 Å². The number of hydrogen-bond acceptors (Lipinski definition) is 5. The molecule has 0 atom stereocenters. The molecule has 2 heterocycles. The average Bonchev–Trinajstić information content (AvgIpc) is 3.36. The van der Waals surface area contributed by atoms with Gasteiger partial charge in [-0.2, -0.15) is 0 Å². The minimum Gasteiger partial charge on any atom is -0.454 e. The number of imide groups is 1. The quantitative estimate of drug-likeness (QED) is 0.512. The second-order valence-corrected chi connectivity index (χ2v) is 8.95. The molecule has 0 saturated heterocycles. The number of aryl methyl sites for hydroxylation is 2. The molecule has 0 aliphatic carbocycles. The first-order chi connectivity index (χ1) is 16.3. The second-order valence-electron chi connectivity index (χ2n) is 8.95. The van der Waals surface area contributed by atoms with Crippen LogP contribution in [0.3, 0.4) is 0 Å². The predicted molar refractivity (Wildman–Crippen MR) is 132 cm³/mol. The zero-order valence-electron chi connectivity index (χ0n) is 19.6. The Morgan fingerprint density at radius 2 is 1.59 bits per heavy atom. The molecule has 6 heteroatoms. The van der Waals surface area contributed by atoms with E-state index in [0.29, 0.717) is 28.7 Å². The van der Waals surface area contributed by atoms with E-state index in [1.165, 1.54) is 10.5 Å². The number of hydrogen-bond donors (Lipinski definition) is 1. The standard InChI is InChI=1S/C28H26N2O4/c1-16(2)19-6-8-20(9-7-19)29-26-25(22-11-5-17(3)13-18(22)4)27(31)30(28(26)32)21-10-12-23-24(14-21)34-15-33-23/h5-14,16,29H,15H2,1-4H3. The number of carbonyl (C=O) groups is 2. The van der Waals surface area contributed by atoms with E-state index in [2.05, 4.69) is 19.2 Å². The maximum absolute atomic E-state index is 13.7. The molecule has 0 radical (unpaired) electrons. The fourth-order valence-electron chi connectivity index (χ4n) is 4.34. The first-order valence-electron chi connectivity index (χ1n) is 11.3. The van der Waals surface area contributed by atoms with Crippen molar-refractivity contribution < 1.29 is 19.1 Å². The molecule has 0 unspecified atom stereocenters. The van der Waals surface area contributed by atoms with Crippen molar-refractivity contribution in [3.05, 3.63) is 88.6 Å². The lowest BCUT2D eigenvalue weighted by Crippen LogP contribution is -2.32. The molecule has 172 valence electrons. The van der Waals surface area contributed by atoms with Gasteiger partial charge in [0.2, 0.25) is 6.79 Å². The van der Waals surface area contributed by atoms with Crippen molar-refractivity contribution in [2.24, 2.45) is 0 Å². The molecule has 6 nitrogen and oxygen atoms in total. The van der Waals surface area contributed by atoms with Crippen LogP contribution in [-0.4, -0.2) is 18.6 Å². The van der Waals surface area contributed by atoms with Crippen LogP contribution in [0.15, 0.2) is 66.4 Å². The van der Waals surface area contributed by atoms with Crippen LogP contribution < -0.4 is 19.7 Å². The first kappa shape index (κ1) is 21.8. The van der Waals surface area contributed by atoms with Crippen molar-refractivity contribution in [3.8, 4) is 11.5 Å². The van der Waals surface area contributed by atoms with E-state index in [1.807, 2.05) is 56.3 Å². The summed E-state index contributed by atoms with van der Waals surface area (Å²) in [6.07, 6.45) is 0. The Morgan fingerprint density at radius 3 is 2.29 bits per heavy atom. The van der Waals surface area contributed by atoms with Crippen molar-refractivity contribution >= 4 is 28.8 Å². The highest BCUT2D eigenvalue weighted by Gasteiger charge is 2.41. The van der Waals surface area contributed by atoms with Gasteiger partial charge in [-0.1, -0.05) is 49.7 Å². The highest BCUT2D eigenvalue weighted by Crippen LogP contribution is 2.40. The average molecular weight is 455 g/mol. The van der Waals surface area contributed by atoms with Crippen molar-refractivity contribution in [1.82, 2.24) is 0 Å². The third kappa shape index (κ3) is 3.71. The van der Waals surface area contributed by atoms with Crippen molar-refractivity contribution in [3.63, 3.8) is 0 Å². The number of carbonyl (C=O) groups excluding carboxylic acids is 2. The van der Waals surface area contributed by atoms with E-state index in [0.717, 1.165) is 22.4 Å². The summed E-state index contributed by atoms with van der Waals surface area (Å²) in [5, 5.41) is 3.24. The van der Waals surface area contributed by atoms with E-state index in [-0.39, 0.29) is 18.4 Å². The minimum atomic E-state index is -0.410. The molecule has 0 fully saturated rings. The summed E-state index contributed by atoms with van der Waals surface area (Å²) in [7, 11) is 0. The molecule has 0 spiro atoms. The molecular formula is C28H26N2O4. The Labute approximate surface area is 198 Å². The Morgan fingerprint density at radius 1 is 0.853 bits per heavy atom. The molecule has 5 rings (SSSR count). The van der Waals surface area contributed by atoms with Crippen molar-refractivity contribution in [1.29, 1.82) is 0 Å². The highest BCUT2D eigenvalue weighted by molar-refractivity contribution is 6.46. The SMILES string of the molecule is Cc1ccc(C2=C(Nc3ccc(C(C)C)cc3)C(=O)N(c3ccc4c(c3)OCO4)C2=O)c(C)c1. The van der Waals surface area contributed by atoms with Gasteiger partial charge in [0.05, 0.1) is 11.3 Å². The van der Waals surface area contributed by atoms with Gasteiger partial charge in [0.25, 0.3) is 11.8 Å². The van der Waals surface area contributed by atoms with Gasteiger partial charge in [0.15, 0.2) is 11.5 Å². The van der Waals surface area contributed by atoms with Crippen LogP contribution in [0.1, 0.15) is 42.0 Å². The Hall–Kier alpha value is -4.06. The van der Waals surface area contributed by atoms with Crippen LogP contribution >= 0.6 is 0 Å². The predicted octanol–water partition coefficient (Wildman–Crippen LogP) is 5.55. The van der Waals surface area contributed by atoms with Gasteiger partial charge in [0.1, 0.15) is 5.70 Å². The van der Waals surface area contributed by atoms with E-state index >= 15 is 0 Å². The fourth-order valence-corrected chi connectivity index (χ4v) is 4.34. The molecule has 0 saturated carbocycles. The Bertz CT molecular complexity index is 1340. The number of nitrogens with zero attached hydrogens (tertiary/aromatic N) is 1. The van der Waals surface area contributed by atoms with Crippen LogP contribution in [0, 0.1) is 13.8 Å². The highest BCUT2D eigenvalue weighted by atomic mass is 16.7. The Balaban J connectivity index is 1.59. The summed E-state index contributed by atoms with van der Waals surface area (Å²) < 4.78 is 10.8. The summed E-state index contributed by atoms with van der Waals surface area (Å²) in [6.45, 7) is 8.33. The van der Waals surface area contributed by atoms with E-state index in [4.69, 9.17) is 9.47 Å². The number of rotatable bonds is 5. The normalized spacial score (nSPS) is 15.0. The molecule has 34 heavy (non-hydrogen) atoms. The Kier molecular flexibility index (Phi) is 5.36. The topological polar surface area (TPSA) is 67.9 Å². The summed E-state index contributed by atoms with van der Waals surface area (Å²) in [4.78, 5) is 28.6. The van der Waals surface area contributed by atoms with Crippen LogP contribution in [0.25, 0.3) is 5.57 Å². The zero-order chi connectivity index (χ0) is 24.0. The molecular weight excluding hydrogens is 428 g/mol. The number of benzene rings is 3. The number of amides is 2. The lowest BCUT2D eigenvalue weighted by molar-refractivity contribution is -0.120. The maximum Gasteiger partial charge on any atom is 0.282 e. The number of anilines is 2. The number of fused-ring (bicyclic) bond motifs is 1. The van der Waals surface area contributed by atoms with Gasteiger partial charge in [-0.3, -0.25) is 9.59 Å². The van der Waals surface area contributed by atoms with Crippen LogP contribution in [-0.2, 0) is 9.59 Å². The van der Waals surface area contributed by atoms with Gasteiger partial charge in [-0.25, -0.2) is 4.90 Å². The summed E-state index contributed by atoms with van der Waals surface area (Å²) in [5.41, 5.74) is 5.74. The zero-order valence-corrected chi connectivity index (χ0v) is 19.6. The molecule has 1 N–H and O–H groups in total. The molecule has 3 aromatic rings. The van der Waals surface area contributed by atoms with Crippen molar-refractivity contribution in [2.75, 3.05) is 17.0 Å². The first-order valence-corrected chi connectivity index (χ1v) is 11.3. The van der Waals surface area contributed by atoms with Gasteiger partial charge in [-0.05, 0) is 60.7 Å². The van der Waals surface area contributed by atoms with Gasteiger partial charge >= 0.3 is 0 Å². The van der Waals surface area contributed by atoms with Gasteiger partial charge in [0, 0.05) is 11.8 Å². The summed E-state index contributed by atoms with van der Waals surface area (Å²) in [5.74, 6) is 0.713. The number of nitrogens with one attached hydrogen (secondary N) is 1. The van der Waals surface area contributed by atoms with Gasteiger partial charge < -0.3 is 14.8 Å². The minimum absolute atomic E-state index is 0.117. The maximum atomic E-state index is 13.7. The molecule has 3 aromatic carbocycles. The summed E-state index contributed by atoms with van der Waals surface area (Å²) >= 11 is 0. The largest absolute Gasteiger partial charge is 0.454 e. The van der Waals surface area contributed by atoms with Crippen LogP contribution in [0.5, 0.6) is 11.5 Å². The van der Waals surface area contributed by atoms with Crippen LogP contribution in [0.4, 0.5) is 11.4 Å². The third-order valence-corrected chi connectivity index (χ3v) is 6.20. The van der Waals surface area contributed by atoms with Gasteiger partial charge in [-0.15, -0.1) is 0 Å². The second kappa shape index (κ2) is 8.37. The van der Waals surface area contributed by atoms with E-state index in [1.54, 1.807) is 18.2 Å². The monoisotopic (exact) mass is 454 g/mol. The lowest BCUT2D eigenvalue weighted by atomic mass is 9.97. The van der Waals surface area contributed by atoms with E-state index in [9.17, 15) is 9.59 Å².